The monoisotopic (exact) mass is 292 g/mol. The predicted octanol–water partition coefficient (Wildman–Crippen LogP) is 1.40. The summed E-state index contributed by atoms with van der Waals surface area (Å²) in [5.41, 5.74) is 1.52. The molecule has 1 fully saturated rings. The first-order valence-electron chi connectivity index (χ1n) is 6.87. The molecule has 1 atom stereocenters. The molecule has 1 N–H and O–H groups in total. The molecule has 0 aromatic heterocycles. The molecule has 0 saturated carbocycles. The molecule has 114 valence electrons. The van der Waals surface area contributed by atoms with Crippen molar-refractivity contribution in [3.05, 3.63) is 35.4 Å². The van der Waals surface area contributed by atoms with Crippen molar-refractivity contribution in [3.63, 3.8) is 0 Å². The minimum atomic E-state index is -0.406. The Morgan fingerprint density at radius 3 is 2.76 bits per heavy atom. The summed E-state index contributed by atoms with van der Waals surface area (Å²) >= 11 is 0. The largest absolute Gasteiger partial charge is 0.465 e. The molecule has 1 aliphatic heterocycles. The summed E-state index contributed by atoms with van der Waals surface area (Å²) in [7, 11) is 2.74. The number of carbonyl (C=O) groups is 2. The fourth-order valence-corrected chi connectivity index (χ4v) is 2.53. The van der Waals surface area contributed by atoms with E-state index in [0.29, 0.717) is 12.1 Å². The van der Waals surface area contributed by atoms with E-state index in [9.17, 15) is 9.59 Å². The Morgan fingerprint density at radius 1 is 1.29 bits per heavy atom. The lowest BCUT2D eigenvalue weighted by molar-refractivity contribution is 0.0598. The fraction of sp³-hybridized carbons (Fsp3) is 0.467. The standard InChI is InChI=1S/C15H20N2O4/c1-20-14(18)13-6-4-3-5-11(13)9-17-8-7-12(10-17)16-15(19)21-2/h3-6,12H,7-10H2,1-2H3,(H,16,19). The van der Waals surface area contributed by atoms with Crippen LogP contribution in [0.1, 0.15) is 22.3 Å². The molecule has 6 heteroatoms. The zero-order valence-corrected chi connectivity index (χ0v) is 12.3. The summed E-state index contributed by atoms with van der Waals surface area (Å²) in [4.78, 5) is 25.1. The highest BCUT2D eigenvalue weighted by atomic mass is 16.5. The van der Waals surface area contributed by atoms with E-state index in [1.54, 1.807) is 6.07 Å². The summed E-state index contributed by atoms with van der Waals surface area (Å²) in [6.45, 7) is 2.26. The molecule has 21 heavy (non-hydrogen) atoms. The van der Waals surface area contributed by atoms with E-state index in [2.05, 4.69) is 15.0 Å². The number of hydrogen-bond donors (Lipinski definition) is 1. The summed E-state index contributed by atoms with van der Waals surface area (Å²) < 4.78 is 9.40. The van der Waals surface area contributed by atoms with Gasteiger partial charge in [0.05, 0.1) is 19.8 Å². The number of likely N-dealkylation sites (tertiary alicyclic amines) is 1. The van der Waals surface area contributed by atoms with Crippen LogP contribution in [0, 0.1) is 0 Å². The van der Waals surface area contributed by atoms with Gasteiger partial charge in [0, 0.05) is 25.7 Å². The van der Waals surface area contributed by atoms with E-state index in [4.69, 9.17) is 4.74 Å². The molecular formula is C15H20N2O4. The van der Waals surface area contributed by atoms with E-state index in [0.717, 1.165) is 25.1 Å². The second kappa shape index (κ2) is 7.08. The quantitative estimate of drug-likeness (QED) is 0.850. The van der Waals surface area contributed by atoms with Crippen molar-refractivity contribution in [1.29, 1.82) is 0 Å². The van der Waals surface area contributed by atoms with Crippen molar-refractivity contribution < 1.29 is 19.1 Å². The molecular weight excluding hydrogens is 272 g/mol. The van der Waals surface area contributed by atoms with Gasteiger partial charge in [0.15, 0.2) is 0 Å². The minimum absolute atomic E-state index is 0.0859. The van der Waals surface area contributed by atoms with Gasteiger partial charge in [-0.25, -0.2) is 9.59 Å². The van der Waals surface area contributed by atoms with Crippen molar-refractivity contribution in [3.8, 4) is 0 Å². The number of ether oxygens (including phenoxy) is 2. The normalized spacial score (nSPS) is 18.3. The second-order valence-electron chi connectivity index (χ2n) is 5.01. The van der Waals surface area contributed by atoms with Crippen molar-refractivity contribution >= 4 is 12.1 Å². The molecule has 1 unspecified atom stereocenters. The molecule has 1 saturated heterocycles. The smallest absolute Gasteiger partial charge is 0.407 e. The third kappa shape index (κ3) is 3.95. The lowest BCUT2D eigenvalue weighted by atomic mass is 10.1. The maximum atomic E-state index is 11.7. The molecule has 1 aromatic carbocycles. The zero-order chi connectivity index (χ0) is 15.2. The average Bonchev–Trinajstić information content (AvgIpc) is 2.94. The fourth-order valence-electron chi connectivity index (χ4n) is 2.53. The summed E-state index contributed by atoms with van der Waals surface area (Å²) in [5, 5.41) is 2.80. The number of carbonyl (C=O) groups excluding carboxylic acids is 2. The number of nitrogens with zero attached hydrogens (tertiary/aromatic N) is 1. The molecule has 2 rings (SSSR count). The van der Waals surface area contributed by atoms with Gasteiger partial charge in [-0.1, -0.05) is 18.2 Å². The maximum absolute atomic E-state index is 11.7. The molecule has 0 aliphatic carbocycles. The van der Waals surface area contributed by atoms with Crippen LogP contribution in [0.4, 0.5) is 4.79 Å². The van der Waals surface area contributed by atoms with E-state index in [-0.39, 0.29) is 12.0 Å². The second-order valence-corrected chi connectivity index (χ2v) is 5.01. The topological polar surface area (TPSA) is 67.9 Å². The first-order valence-corrected chi connectivity index (χ1v) is 6.87. The van der Waals surface area contributed by atoms with Crippen molar-refractivity contribution in [2.75, 3.05) is 27.3 Å². The SMILES string of the molecule is COC(=O)NC1CCN(Cc2ccccc2C(=O)OC)C1. The van der Waals surface area contributed by atoms with E-state index in [1.807, 2.05) is 18.2 Å². The van der Waals surface area contributed by atoms with Gasteiger partial charge < -0.3 is 14.8 Å². The number of nitrogens with one attached hydrogen (secondary N) is 1. The van der Waals surface area contributed by atoms with Gasteiger partial charge in [0.2, 0.25) is 0 Å². The van der Waals surface area contributed by atoms with Crippen molar-refractivity contribution in [2.24, 2.45) is 0 Å². The summed E-state index contributed by atoms with van der Waals surface area (Å²) in [5.74, 6) is -0.325. The molecule has 1 heterocycles. The Hall–Kier alpha value is -2.08. The van der Waals surface area contributed by atoms with Gasteiger partial charge in [0.1, 0.15) is 0 Å². The molecule has 0 spiro atoms. The van der Waals surface area contributed by atoms with E-state index in [1.165, 1.54) is 14.2 Å². The minimum Gasteiger partial charge on any atom is -0.465 e. The first-order chi connectivity index (χ1) is 10.1. The van der Waals surface area contributed by atoms with Gasteiger partial charge in [-0.2, -0.15) is 0 Å². The van der Waals surface area contributed by atoms with Crippen LogP contribution in [0.25, 0.3) is 0 Å². The summed E-state index contributed by atoms with van der Waals surface area (Å²) in [6, 6.07) is 7.50. The Labute approximate surface area is 124 Å². The van der Waals surface area contributed by atoms with Gasteiger partial charge in [-0.15, -0.1) is 0 Å². The molecule has 1 amide bonds. The van der Waals surface area contributed by atoms with Crippen molar-refractivity contribution in [1.82, 2.24) is 10.2 Å². The Balaban J connectivity index is 1.97. The molecule has 1 aliphatic rings. The van der Waals surface area contributed by atoms with Crippen LogP contribution < -0.4 is 5.32 Å². The van der Waals surface area contributed by atoms with Gasteiger partial charge >= 0.3 is 12.1 Å². The predicted molar refractivity (Wildman–Crippen MR) is 77.0 cm³/mol. The van der Waals surface area contributed by atoms with Crippen LogP contribution in [0.2, 0.25) is 0 Å². The van der Waals surface area contributed by atoms with Crippen LogP contribution in [0.5, 0.6) is 0 Å². The number of alkyl carbamates (subject to hydrolysis) is 1. The highest BCUT2D eigenvalue weighted by Gasteiger charge is 2.25. The highest BCUT2D eigenvalue weighted by Crippen LogP contribution is 2.17. The molecule has 6 nitrogen and oxygen atoms in total. The van der Waals surface area contributed by atoms with Gasteiger partial charge in [0.25, 0.3) is 0 Å². The third-order valence-corrected chi connectivity index (χ3v) is 3.60. The number of benzene rings is 1. The van der Waals surface area contributed by atoms with Crippen LogP contribution >= 0.6 is 0 Å². The van der Waals surface area contributed by atoms with Gasteiger partial charge in [-0.05, 0) is 18.1 Å². The zero-order valence-electron chi connectivity index (χ0n) is 12.3. The van der Waals surface area contributed by atoms with E-state index >= 15 is 0 Å². The third-order valence-electron chi connectivity index (χ3n) is 3.60. The lowest BCUT2D eigenvalue weighted by Crippen LogP contribution is -2.36. The Morgan fingerprint density at radius 2 is 2.05 bits per heavy atom. The maximum Gasteiger partial charge on any atom is 0.407 e. The van der Waals surface area contributed by atoms with Crippen LogP contribution in [-0.4, -0.2) is 50.3 Å². The number of amides is 1. The lowest BCUT2D eigenvalue weighted by Gasteiger charge is -2.18. The molecule has 0 bridgehead atoms. The Bertz CT molecular complexity index is 518. The molecule has 1 aromatic rings. The number of esters is 1. The number of methoxy groups -OCH3 is 2. The van der Waals surface area contributed by atoms with Crippen molar-refractivity contribution in [2.45, 2.75) is 19.0 Å². The Kier molecular flexibility index (Phi) is 5.16. The van der Waals surface area contributed by atoms with Crippen LogP contribution in [-0.2, 0) is 16.0 Å². The number of rotatable bonds is 4. The average molecular weight is 292 g/mol. The summed E-state index contributed by atoms with van der Waals surface area (Å²) in [6.07, 6.45) is 0.465. The van der Waals surface area contributed by atoms with E-state index < -0.39 is 6.09 Å². The van der Waals surface area contributed by atoms with Crippen LogP contribution in [0.3, 0.4) is 0 Å². The van der Waals surface area contributed by atoms with Crippen LogP contribution in [0.15, 0.2) is 24.3 Å². The number of hydrogen-bond acceptors (Lipinski definition) is 5. The first kappa shape index (κ1) is 15.3. The molecule has 0 radical (unpaired) electrons. The highest BCUT2D eigenvalue weighted by molar-refractivity contribution is 5.90. The van der Waals surface area contributed by atoms with Gasteiger partial charge in [-0.3, -0.25) is 4.90 Å².